The van der Waals surface area contributed by atoms with Crippen molar-refractivity contribution in [2.45, 2.75) is 13.0 Å². The number of benzene rings is 1. The molecule has 78 valence electrons. The Labute approximate surface area is 93.0 Å². The molecule has 1 atom stereocenters. The van der Waals surface area contributed by atoms with Crippen LogP contribution in [0.3, 0.4) is 0 Å². The number of hydrogen-bond acceptors (Lipinski definition) is 4. The summed E-state index contributed by atoms with van der Waals surface area (Å²) in [6, 6.07) is 8.11. The quantitative estimate of drug-likeness (QED) is 0.780. The number of hydrogen-bond donors (Lipinski definition) is 2. The highest BCUT2D eigenvalue weighted by atomic mass is 32.1. The van der Waals surface area contributed by atoms with E-state index in [1.54, 1.807) is 17.5 Å². The summed E-state index contributed by atoms with van der Waals surface area (Å²) in [5.41, 5.74) is 7.69. The largest absolute Gasteiger partial charge is 0.399 e. The summed E-state index contributed by atoms with van der Waals surface area (Å²) in [6.45, 7) is 2.09. The predicted octanol–water partition coefficient (Wildman–Crippen LogP) is 2.90. The van der Waals surface area contributed by atoms with Gasteiger partial charge in [0.25, 0.3) is 0 Å². The topological polar surface area (TPSA) is 50.9 Å². The van der Waals surface area contributed by atoms with Gasteiger partial charge in [-0.05, 0) is 24.6 Å². The molecule has 0 radical (unpaired) electrons. The number of anilines is 2. The van der Waals surface area contributed by atoms with Gasteiger partial charge >= 0.3 is 0 Å². The molecular formula is C11H13N3S. The van der Waals surface area contributed by atoms with Gasteiger partial charge in [-0.1, -0.05) is 12.1 Å². The molecule has 3 N–H and O–H groups in total. The number of aromatic nitrogens is 1. The molecule has 0 aliphatic rings. The highest BCUT2D eigenvalue weighted by molar-refractivity contribution is 7.13. The molecule has 0 saturated heterocycles. The Morgan fingerprint density at radius 2 is 2.33 bits per heavy atom. The van der Waals surface area contributed by atoms with Gasteiger partial charge in [-0.3, -0.25) is 0 Å². The molecule has 1 heterocycles. The third kappa shape index (κ3) is 2.47. The minimum atomic E-state index is 0.222. The van der Waals surface area contributed by atoms with Crippen molar-refractivity contribution in [3.05, 3.63) is 41.4 Å². The van der Waals surface area contributed by atoms with Gasteiger partial charge in [0.2, 0.25) is 0 Å². The lowest BCUT2D eigenvalue weighted by Gasteiger charge is -2.13. The van der Waals surface area contributed by atoms with Crippen LogP contribution in [0.5, 0.6) is 0 Å². The average Bonchev–Trinajstić information content (AvgIpc) is 2.70. The lowest BCUT2D eigenvalue weighted by molar-refractivity contribution is 0.882. The molecule has 1 unspecified atom stereocenters. The smallest absolute Gasteiger partial charge is 0.183 e. The zero-order valence-electron chi connectivity index (χ0n) is 8.47. The first-order chi connectivity index (χ1) is 7.25. The molecule has 0 saturated carbocycles. The second-order valence-electron chi connectivity index (χ2n) is 3.37. The lowest BCUT2D eigenvalue weighted by atomic mass is 10.1. The van der Waals surface area contributed by atoms with Gasteiger partial charge in [-0.2, -0.15) is 0 Å². The van der Waals surface area contributed by atoms with E-state index in [1.807, 2.05) is 23.6 Å². The van der Waals surface area contributed by atoms with Crippen LogP contribution in [0.1, 0.15) is 18.5 Å². The van der Waals surface area contributed by atoms with Gasteiger partial charge in [0.1, 0.15) is 0 Å². The molecule has 0 fully saturated rings. The monoisotopic (exact) mass is 219 g/mol. The summed E-state index contributed by atoms with van der Waals surface area (Å²) in [6.07, 6.45) is 1.79. The Morgan fingerprint density at radius 1 is 1.47 bits per heavy atom. The van der Waals surface area contributed by atoms with E-state index in [4.69, 9.17) is 5.73 Å². The number of thiazole rings is 1. The lowest BCUT2D eigenvalue weighted by Crippen LogP contribution is -2.06. The summed E-state index contributed by atoms with van der Waals surface area (Å²) in [7, 11) is 0. The maximum absolute atomic E-state index is 5.73. The van der Waals surface area contributed by atoms with Crippen LogP contribution in [0.15, 0.2) is 35.8 Å². The highest BCUT2D eigenvalue weighted by Gasteiger charge is 2.06. The van der Waals surface area contributed by atoms with E-state index in [0.29, 0.717) is 0 Å². The maximum Gasteiger partial charge on any atom is 0.183 e. The first-order valence-electron chi connectivity index (χ1n) is 4.77. The number of rotatable bonds is 3. The van der Waals surface area contributed by atoms with Crippen molar-refractivity contribution in [2.75, 3.05) is 11.1 Å². The van der Waals surface area contributed by atoms with Crippen molar-refractivity contribution in [1.82, 2.24) is 4.98 Å². The standard InChI is InChI=1S/C11H13N3S/c1-8(14-11-13-5-6-15-11)9-3-2-4-10(12)7-9/h2-8H,12H2,1H3,(H,13,14). The number of nitrogens with one attached hydrogen (secondary N) is 1. The molecule has 2 rings (SSSR count). The van der Waals surface area contributed by atoms with Crippen molar-refractivity contribution in [1.29, 1.82) is 0 Å². The second-order valence-corrected chi connectivity index (χ2v) is 4.27. The molecular weight excluding hydrogens is 206 g/mol. The van der Waals surface area contributed by atoms with Crippen LogP contribution >= 0.6 is 11.3 Å². The summed E-state index contributed by atoms with van der Waals surface area (Å²) in [5, 5.41) is 6.21. The van der Waals surface area contributed by atoms with E-state index in [9.17, 15) is 0 Å². The zero-order valence-corrected chi connectivity index (χ0v) is 9.29. The average molecular weight is 219 g/mol. The normalized spacial score (nSPS) is 12.3. The second kappa shape index (κ2) is 4.31. The Balaban J connectivity index is 2.11. The van der Waals surface area contributed by atoms with E-state index in [2.05, 4.69) is 23.3 Å². The van der Waals surface area contributed by atoms with E-state index in [-0.39, 0.29) is 6.04 Å². The van der Waals surface area contributed by atoms with E-state index < -0.39 is 0 Å². The van der Waals surface area contributed by atoms with E-state index >= 15 is 0 Å². The van der Waals surface area contributed by atoms with Crippen LogP contribution in [-0.2, 0) is 0 Å². The van der Waals surface area contributed by atoms with Gasteiger partial charge in [0.15, 0.2) is 5.13 Å². The molecule has 0 amide bonds. The summed E-state index contributed by atoms with van der Waals surface area (Å²) in [4.78, 5) is 4.18. The summed E-state index contributed by atoms with van der Waals surface area (Å²) in [5.74, 6) is 0. The molecule has 0 spiro atoms. The van der Waals surface area contributed by atoms with Crippen LogP contribution in [-0.4, -0.2) is 4.98 Å². The van der Waals surface area contributed by atoms with Gasteiger partial charge in [-0.15, -0.1) is 11.3 Å². The van der Waals surface area contributed by atoms with Crippen molar-refractivity contribution in [3.8, 4) is 0 Å². The number of nitrogens with zero attached hydrogens (tertiary/aromatic N) is 1. The maximum atomic E-state index is 5.73. The fourth-order valence-electron chi connectivity index (χ4n) is 1.39. The molecule has 4 heteroatoms. The van der Waals surface area contributed by atoms with Crippen LogP contribution in [0.4, 0.5) is 10.8 Å². The van der Waals surface area contributed by atoms with Crippen molar-refractivity contribution in [2.24, 2.45) is 0 Å². The van der Waals surface area contributed by atoms with Crippen LogP contribution in [0.25, 0.3) is 0 Å². The molecule has 3 nitrogen and oxygen atoms in total. The predicted molar refractivity (Wildman–Crippen MR) is 65.0 cm³/mol. The van der Waals surface area contributed by atoms with Crippen LogP contribution in [0, 0.1) is 0 Å². The zero-order chi connectivity index (χ0) is 10.7. The van der Waals surface area contributed by atoms with Gasteiger partial charge < -0.3 is 11.1 Å². The molecule has 0 aliphatic carbocycles. The molecule has 2 aromatic rings. The molecule has 1 aromatic carbocycles. The SMILES string of the molecule is CC(Nc1nccs1)c1cccc(N)c1. The van der Waals surface area contributed by atoms with Gasteiger partial charge in [-0.25, -0.2) is 4.98 Å². The van der Waals surface area contributed by atoms with Crippen molar-refractivity contribution < 1.29 is 0 Å². The molecule has 0 bridgehead atoms. The van der Waals surface area contributed by atoms with Crippen LogP contribution < -0.4 is 11.1 Å². The summed E-state index contributed by atoms with van der Waals surface area (Å²) < 4.78 is 0. The van der Waals surface area contributed by atoms with Crippen LogP contribution in [0.2, 0.25) is 0 Å². The third-order valence-corrected chi connectivity index (χ3v) is 2.89. The molecule has 15 heavy (non-hydrogen) atoms. The van der Waals surface area contributed by atoms with Crippen molar-refractivity contribution >= 4 is 22.2 Å². The number of nitrogen functional groups attached to an aromatic ring is 1. The van der Waals surface area contributed by atoms with Gasteiger partial charge in [0, 0.05) is 17.3 Å². The molecule has 1 aromatic heterocycles. The third-order valence-electron chi connectivity index (χ3n) is 2.18. The Morgan fingerprint density at radius 3 is 3.00 bits per heavy atom. The fourth-order valence-corrected chi connectivity index (χ4v) is 2.01. The molecule has 0 aliphatic heterocycles. The Hall–Kier alpha value is -1.55. The van der Waals surface area contributed by atoms with E-state index in [1.165, 1.54) is 5.56 Å². The minimum Gasteiger partial charge on any atom is -0.399 e. The minimum absolute atomic E-state index is 0.222. The van der Waals surface area contributed by atoms with E-state index in [0.717, 1.165) is 10.8 Å². The fraction of sp³-hybridized carbons (Fsp3) is 0.182. The Kier molecular flexibility index (Phi) is 2.87. The van der Waals surface area contributed by atoms with Crippen molar-refractivity contribution in [3.63, 3.8) is 0 Å². The first kappa shape index (κ1) is 9.98. The number of nitrogens with two attached hydrogens (primary N) is 1. The summed E-state index contributed by atoms with van der Waals surface area (Å²) >= 11 is 1.60. The highest BCUT2D eigenvalue weighted by Crippen LogP contribution is 2.21. The van der Waals surface area contributed by atoms with Gasteiger partial charge in [0.05, 0.1) is 6.04 Å². The Bertz CT molecular complexity index is 425. The first-order valence-corrected chi connectivity index (χ1v) is 5.65.